The normalized spacial score (nSPS) is 13.9. The predicted octanol–water partition coefficient (Wildman–Crippen LogP) is 2.56. The number of thioether (sulfide) groups is 1. The van der Waals surface area contributed by atoms with E-state index in [-0.39, 0.29) is 4.75 Å². The molecule has 21 heavy (non-hydrogen) atoms. The number of nitrogens with one attached hydrogen (secondary N) is 1. The van der Waals surface area contributed by atoms with Crippen molar-refractivity contribution in [3.05, 3.63) is 0 Å². The topological polar surface area (TPSA) is 44.7 Å². The van der Waals surface area contributed by atoms with Gasteiger partial charge in [0.25, 0.3) is 0 Å². The molecule has 0 rings (SSSR count). The smallest absolute Gasteiger partial charge is 0.0607 e. The van der Waals surface area contributed by atoms with Crippen LogP contribution in [-0.4, -0.2) is 67.1 Å². The summed E-state index contributed by atoms with van der Waals surface area (Å²) in [4.78, 5) is 2.39. The Bertz CT molecular complexity index is 240. The molecule has 4 nitrogen and oxygen atoms in total. The third kappa shape index (κ3) is 11.4. The lowest BCUT2D eigenvalue weighted by Gasteiger charge is -2.35. The van der Waals surface area contributed by atoms with Crippen LogP contribution in [0.2, 0.25) is 0 Å². The summed E-state index contributed by atoms with van der Waals surface area (Å²) in [5.74, 6) is 1.04. The summed E-state index contributed by atoms with van der Waals surface area (Å²) in [6.07, 6.45) is 4.59. The van der Waals surface area contributed by atoms with Gasteiger partial charge in [0.1, 0.15) is 0 Å². The Hall–Kier alpha value is 0.190. The number of ether oxygens (including phenoxy) is 1. The van der Waals surface area contributed by atoms with Crippen LogP contribution in [0, 0.1) is 0 Å². The number of aliphatic hydroxyl groups excluding tert-OH is 1. The first-order valence-electron chi connectivity index (χ1n) is 8.14. The van der Waals surface area contributed by atoms with Gasteiger partial charge >= 0.3 is 0 Å². The molecule has 0 aliphatic heterocycles. The molecule has 128 valence electrons. The van der Waals surface area contributed by atoms with E-state index in [1.54, 1.807) is 7.11 Å². The highest BCUT2D eigenvalue weighted by Gasteiger charge is 2.25. The molecule has 0 radical (unpaired) electrons. The second-order valence-corrected chi connectivity index (χ2v) is 7.99. The van der Waals surface area contributed by atoms with E-state index in [0.29, 0.717) is 12.8 Å². The molecule has 2 N–H and O–H groups in total. The van der Waals surface area contributed by atoms with Crippen molar-refractivity contribution in [2.75, 3.05) is 46.2 Å². The number of rotatable bonds is 14. The van der Waals surface area contributed by atoms with Crippen LogP contribution >= 0.6 is 11.8 Å². The van der Waals surface area contributed by atoms with Crippen molar-refractivity contribution >= 4 is 11.8 Å². The lowest BCUT2D eigenvalue weighted by atomic mass is 10.1. The van der Waals surface area contributed by atoms with Crippen molar-refractivity contribution in [3.8, 4) is 0 Å². The van der Waals surface area contributed by atoms with Crippen molar-refractivity contribution in [2.24, 2.45) is 0 Å². The van der Waals surface area contributed by atoms with Gasteiger partial charge in [-0.05, 0) is 45.8 Å². The summed E-state index contributed by atoms with van der Waals surface area (Å²) in [5, 5.41) is 12.6. The third-order valence-electron chi connectivity index (χ3n) is 3.55. The number of hydrogen-bond acceptors (Lipinski definition) is 5. The highest BCUT2D eigenvalue weighted by Crippen LogP contribution is 2.30. The van der Waals surface area contributed by atoms with Crippen molar-refractivity contribution < 1.29 is 9.84 Å². The monoisotopic (exact) mass is 320 g/mol. The molecule has 0 spiro atoms. The van der Waals surface area contributed by atoms with Gasteiger partial charge in [0.2, 0.25) is 0 Å². The molecule has 0 aliphatic carbocycles. The van der Waals surface area contributed by atoms with E-state index < -0.39 is 0 Å². The molecule has 0 fully saturated rings. The quantitative estimate of drug-likeness (QED) is 0.380. The fraction of sp³-hybridized carbons (Fsp3) is 1.00. The zero-order chi connectivity index (χ0) is 16.1. The summed E-state index contributed by atoms with van der Waals surface area (Å²) in [7, 11) is 3.94. The highest BCUT2D eigenvalue weighted by atomic mass is 32.2. The van der Waals surface area contributed by atoms with Gasteiger partial charge in [-0.3, -0.25) is 4.90 Å². The maximum Gasteiger partial charge on any atom is 0.0607 e. The SMILES string of the molecule is CCCNC(CC(C)(C)SCCOC)N(C)CCCCO. The first-order chi connectivity index (χ1) is 9.96. The molecule has 0 aromatic heterocycles. The Kier molecular flexibility index (Phi) is 12.8. The lowest BCUT2D eigenvalue weighted by molar-refractivity contribution is 0.174. The Morgan fingerprint density at radius 3 is 2.62 bits per heavy atom. The van der Waals surface area contributed by atoms with Crippen LogP contribution in [0.3, 0.4) is 0 Å². The van der Waals surface area contributed by atoms with Crippen LogP contribution in [0.4, 0.5) is 0 Å². The van der Waals surface area contributed by atoms with Gasteiger partial charge in [-0.2, -0.15) is 11.8 Å². The Morgan fingerprint density at radius 2 is 2.05 bits per heavy atom. The summed E-state index contributed by atoms with van der Waals surface area (Å²) in [6.45, 7) is 10.0. The average molecular weight is 321 g/mol. The maximum atomic E-state index is 8.92. The van der Waals surface area contributed by atoms with E-state index in [2.05, 4.69) is 38.0 Å². The first-order valence-corrected chi connectivity index (χ1v) is 9.12. The van der Waals surface area contributed by atoms with Crippen molar-refractivity contribution in [2.45, 2.75) is 57.4 Å². The molecule has 1 atom stereocenters. The van der Waals surface area contributed by atoms with Gasteiger partial charge in [0, 0.05) is 24.2 Å². The standard InChI is InChI=1S/C16H36N2O2S/c1-6-9-17-15(18(4)10-7-8-11-19)14-16(2,3)21-13-12-20-5/h15,17,19H,6-14H2,1-5H3. The van der Waals surface area contributed by atoms with Gasteiger partial charge in [0.15, 0.2) is 0 Å². The van der Waals surface area contributed by atoms with Gasteiger partial charge in [-0.25, -0.2) is 0 Å². The Balaban J connectivity index is 4.36. The van der Waals surface area contributed by atoms with Crippen LogP contribution in [-0.2, 0) is 4.74 Å². The zero-order valence-corrected chi connectivity index (χ0v) is 15.5. The molecular formula is C16H36N2O2S. The van der Waals surface area contributed by atoms with Crippen LogP contribution in [0.15, 0.2) is 0 Å². The predicted molar refractivity (Wildman–Crippen MR) is 94.1 cm³/mol. The number of aliphatic hydroxyl groups is 1. The molecule has 1 unspecified atom stereocenters. The first kappa shape index (κ1) is 21.2. The lowest BCUT2D eigenvalue weighted by Crippen LogP contribution is -2.47. The maximum absolute atomic E-state index is 8.92. The van der Waals surface area contributed by atoms with Gasteiger partial charge < -0.3 is 15.2 Å². The molecule has 0 bridgehead atoms. The van der Waals surface area contributed by atoms with Crippen molar-refractivity contribution in [1.82, 2.24) is 10.2 Å². The van der Waals surface area contributed by atoms with Crippen molar-refractivity contribution in [1.29, 1.82) is 0 Å². The largest absolute Gasteiger partial charge is 0.396 e. The summed E-state index contributed by atoms with van der Waals surface area (Å²) < 4.78 is 5.38. The molecule has 0 heterocycles. The van der Waals surface area contributed by atoms with Crippen molar-refractivity contribution in [3.63, 3.8) is 0 Å². The molecule has 0 aromatic rings. The van der Waals surface area contributed by atoms with E-state index in [0.717, 1.165) is 51.1 Å². The number of nitrogens with zero attached hydrogens (tertiary/aromatic N) is 1. The third-order valence-corrected chi connectivity index (χ3v) is 4.87. The molecule has 0 aliphatic rings. The van der Waals surface area contributed by atoms with Crippen LogP contribution in [0.5, 0.6) is 0 Å². The summed E-state index contributed by atoms with van der Waals surface area (Å²) >= 11 is 1.98. The Morgan fingerprint density at radius 1 is 1.33 bits per heavy atom. The van der Waals surface area contributed by atoms with Crippen LogP contribution in [0.1, 0.15) is 46.5 Å². The molecule has 0 saturated carbocycles. The van der Waals surface area contributed by atoms with Gasteiger partial charge in [0.05, 0.1) is 12.8 Å². The van der Waals surface area contributed by atoms with E-state index in [1.807, 2.05) is 11.8 Å². The number of unbranched alkanes of at least 4 members (excludes halogenated alkanes) is 1. The van der Waals surface area contributed by atoms with Crippen LogP contribution < -0.4 is 5.32 Å². The molecular weight excluding hydrogens is 284 g/mol. The average Bonchev–Trinajstić information content (AvgIpc) is 2.43. The molecule has 5 heteroatoms. The Labute approximate surface area is 136 Å². The highest BCUT2D eigenvalue weighted by molar-refractivity contribution is 8.00. The molecule has 0 saturated heterocycles. The van der Waals surface area contributed by atoms with E-state index >= 15 is 0 Å². The molecule has 0 aromatic carbocycles. The number of hydrogen-bond donors (Lipinski definition) is 2. The second-order valence-electron chi connectivity index (χ2n) is 6.19. The van der Waals surface area contributed by atoms with Gasteiger partial charge in [-0.15, -0.1) is 0 Å². The number of methoxy groups -OCH3 is 1. The van der Waals surface area contributed by atoms with E-state index in [9.17, 15) is 0 Å². The fourth-order valence-electron chi connectivity index (χ4n) is 2.25. The summed E-state index contributed by atoms with van der Waals surface area (Å²) in [6, 6.07) is 0. The second kappa shape index (κ2) is 12.7. The van der Waals surface area contributed by atoms with Gasteiger partial charge in [-0.1, -0.05) is 20.8 Å². The van der Waals surface area contributed by atoms with Crippen LogP contribution in [0.25, 0.3) is 0 Å². The zero-order valence-electron chi connectivity index (χ0n) is 14.7. The molecule has 0 amide bonds. The summed E-state index contributed by atoms with van der Waals surface area (Å²) in [5.41, 5.74) is 0. The fourth-order valence-corrected chi connectivity index (χ4v) is 3.33. The van der Waals surface area contributed by atoms with E-state index in [1.165, 1.54) is 0 Å². The minimum atomic E-state index is 0.231. The minimum absolute atomic E-state index is 0.231. The minimum Gasteiger partial charge on any atom is -0.396 e. The van der Waals surface area contributed by atoms with E-state index in [4.69, 9.17) is 9.84 Å².